The van der Waals surface area contributed by atoms with Crippen molar-refractivity contribution in [1.82, 2.24) is 0 Å². The van der Waals surface area contributed by atoms with Crippen LogP contribution in [0.25, 0.3) is 10.8 Å². The lowest BCUT2D eigenvalue weighted by atomic mass is 10.1. The first kappa shape index (κ1) is 14.6. The van der Waals surface area contributed by atoms with Gasteiger partial charge in [-0.25, -0.2) is 0 Å². The molecule has 0 saturated heterocycles. The lowest BCUT2D eigenvalue weighted by molar-refractivity contribution is 0.100. The number of primary amides is 1. The summed E-state index contributed by atoms with van der Waals surface area (Å²) in [7, 11) is 0. The number of carbonyl (C=O) groups is 1. The average Bonchev–Trinajstić information content (AvgIpc) is 2.50. The van der Waals surface area contributed by atoms with Crippen LogP contribution in [0, 0.1) is 6.92 Å². The van der Waals surface area contributed by atoms with Crippen molar-refractivity contribution in [3.8, 4) is 0 Å². The van der Waals surface area contributed by atoms with Crippen molar-refractivity contribution in [3.05, 3.63) is 77.9 Å². The zero-order valence-corrected chi connectivity index (χ0v) is 11.9. The molecule has 3 heteroatoms. The van der Waals surface area contributed by atoms with Gasteiger partial charge in [-0.3, -0.25) is 4.79 Å². The molecule has 0 fully saturated rings. The first-order valence-corrected chi connectivity index (χ1v) is 6.67. The van der Waals surface area contributed by atoms with Crippen LogP contribution in [0.3, 0.4) is 0 Å². The molecule has 3 aromatic carbocycles. The van der Waals surface area contributed by atoms with Crippen LogP contribution in [0.5, 0.6) is 0 Å². The summed E-state index contributed by atoms with van der Waals surface area (Å²) < 4.78 is 0. The standard InChI is InChI=1S/C11H9NO.C7H9N/c12-11(13)10-6-5-8-3-1-2-4-9(8)7-10;1-6-4-2-3-5-7(6)8/h1-7H,(H2,12,13);2-5H,8H2,1H3. The Bertz CT molecular complexity index is 745. The maximum Gasteiger partial charge on any atom is 0.248 e. The lowest BCUT2D eigenvalue weighted by Gasteiger charge is -1.98. The van der Waals surface area contributed by atoms with E-state index in [0.717, 1.165) is 22.0 Å². The lowest BCUT2D eigenvalue weighted by Crippen LogP contribution is -2.10. The number of amides is 1. The van der Waals surface area contributed by atoms with Gasteiger partial charge in [0.15, 0.2) is 0 Å². The number of hydrogen-bond acceptors (Lipinski definition) is 2. The molecule has 3 rings (SSSR count). The summed E-state index contributed by atoms with van der Waals surface area (Å²) in [5.74, 6) is -0.384. The van der Waals surface area contributed by atoms with Gasteiger partial charge in [0.05, 0.1) is 0 Å². The molecule has 0 radical (unpaired) electrons. The maximum atomic E-state index is 10.9. The van der Waals surface area contributed by atoms with E-state index < -0.39 is 0 Å². The zero-order valence-electron chi connectivity index (χ0n) is 11.9. The molecule has 0 aliphatic heterocycles. The number of rotatable bonds is 1. The fourth-order valence-corrected chi connectivity index (χ4v) is 1.93. The molecule has 0 saturated carbocycles. The van der Waals surface area contributed by atoms with Crippen molar-refractivity contribution < 1.29 is 4.79 Å². The minimum absolute atomic E-state index is 0.384. The molecule has 3 aromatic rings. The molecular weight excluding hydrogens is 260 g/mol. The molecule has 4 N–H and O–H groups in total. The van der Waals surface area contributed by atoms with Crippen molar-refractivity contribution in [1.29, 1.82) is 0 Å². The normalized spacial score (nSPS) is 9.76. The molecule has 0 heterocycles. The highest BCUT2D eigenvalue weighted by atomic mass is 16.1. The number of anilines is 1. The van der Waals surface area contributed by atoms with Gasteiger partial charge in [-0.05, 0) is 41.5 Å². The Morgan fingerprint density at radius 1 is 0.857 bits per heavy atom. The second kappa shape index (κ2) is 6.57. The molecule has 1 amide bonds. The van der Waals surface area contributed by atoms with Crippen molar-refractivity contribution in [2.24, 2.45) is 5.73 Å². The zero-order chi connectivity index (χ0) is 15.2. The van der Waals surface area contributed by atoms with E-state index in [1.807, 2.05) is 61.5 Å². The van der Waals surface area contributed by atoms with Gasteiger partial charge in [-0.15, -0.1) is 0 Å². The Morgan fingerprint density at radius 3 is 2.05 bits per heavy atom. The SMILES string of the molecule is Cc1ccccc1N.NC(=O)c1ccc2ccccc2c1. The number of aryl methyl sites for hydroxylation is 1. The van der Waals surface area contributed by atoms with E-state index in [-0.39, 0.29) is 5.91 Å². The second-order valence-corrected chi connectivity index (χ2v) is 4.78. The van der Waals surface area contributed by atoms with Crippen LogP contribution in [0.4, 0.5) is 5.69 Å². The number of nitrogen functional groups attached to an aromatic ring is 1. The van der Waals surface area contributed by atoms with Gasteiger partial charge in [0.25, 0.3) is 0 Å². The summed E-state index contributed by atoms with van der Waals surface area (Å²) in [6.07, 6.45) is 0. The largest absolute Gasteiger partial charge is 0.399 e. The highest BCUT2D eigenvalue weighted by Crippen LogP contribution is 2.14. The first-order chi connectivity index (χ1) is 10.1. The van der Waals surface area contributed by atoms with Crippen LogP contribution in [-0.2, 0) is 0 Å². The minimum Gasteiger partial charge on any atom is -0.399 e. The number of fused-ring (bicyclic) bond motifs is 1. The number of carbonyl (C=O) groups excluding carboxylic acids is 1. The smallest absolute Gasteiger partial charge is 0.248 e. The average molecular weight is 278 g/mol. The van der Waals surface area contributed by atoms with E-state index in [9.17, 15) is 4.79 Å². The van der Waals surface area contributed by atoms with Gasteiger partial charge in [-0.1, -0.05) is 48.5 Å². The van der Waals surface area contributed by atoms with Crippen molar-refractivity contribution >= 4 is 22.4 Å². The molecule has 0 aliphatic carbocycles. The Kier molecular flexibility index (Phi) is 4.57. The Labute approximate surface area is 124 Å². The maximum absolute atomic E-state index is 10.9. The minimum atomic E-state index is -0.384. The van der Waals surface area contributed by atoms with E-state index in [2.05, 4.69) is 0 Å². The molecule has 0 aromatic heterocycles. The van der Waals surface area contributed by atoms with E-state index in [4.69, 9.17) is 11.5 Å². The molecule has 0 spiro atoms. The summed E-state index contributed by atoms with van der Waals surface area (Å²) in [6, 6.07) is 21.1. The van der Waals surface area contributed by atoms with Crippen LogP contribution >= 0.6 is 0 Å². The molecular formula is C18H18N2O. The molecule has 0 unspecified atom stereocenters. The third-order valence-corrected chi connectivity index (χ3v) is 3.22. The van der Waals surface area contributed by atoms with Crippen molar-refractivity contribution in [2.75, 3.05) is 5.73 Å². The molecule has 0 aliphatic rings. The van der Waals surface area contributed by atoms with Gasteiger partial charge < -0.3 is 11.5 Å². The van der Waals surface area contributed by atoms with Crippen LogP contribution in [0.2, 0.25) is 0 Å². The first-order valence-electron chi connectivity index (χ1n) is 6.67. The van der Waals surface area contributed by atoms with Gasteiger partial charge >= 0.3 is 0 Å². The fraction of sp³-hybridized carbons (Fsp3) is 0.0556. The summed E-state index contributed by atoms with van der Waals surface area (Å²) in [5.41, 5.74) is 13.3. The number of benzene rings is 3. The fourth-order valence-electron chi connectivity index (χ4n) is 1.93. The number of hydrogen-bond donors (Lipinski definition) is 2. The summed E-state index contributed by atoms with van der Waals surface area (Å²) in [4.78, 5) is 10.9. The Balaban J connectivity index is 0.000000173. The topological polar surface area (TPSA) is 69.1 Å². The van der Waals surface area contributed by atoms with Crippen molar-refractivity contribution in [2.45, 2.75) is 6.92 Å². The third-order valence-electron chi connectivity index (χ3n) is 3.22. The third kappa shape index (κ3) is 3.83. The van der Waals surface area contributed by atoms with Crippen LogP contribution < -0.4 is 11.5 Å². The number of para-hydroxylation sites is 1. The molecule has 0 atom stereocenters. The van der Waals surface area contributed by atoms with Gasteiger partial charge in [0.2, 0.25) is 5.91 Å². The molecule has 21 heavy (non-hydrogen) atoms. The Morgan fingerprint density at radius 2 is 1.48 bits per heavy atom. The highest BCUT2D eigenvalue weighted by Gasteiger charge is 1.99. The summed E-state index contributed by atoms with van der Waals surface area (Å²) >= 11 is 0. The van der Waals surface area contributed by atoms with Gasteiger partial charge in [-0.2, -0.15) is 0 Å². The second-order valence-electron chi connectivity index (χ2n) is 4.78. The predicted octanol–water partition coefficient (Wildman–Crippen LogP) is 3.52. The molecule has 0 bridgehead atoms. The van der Waals surface area contributed by atoms with Gasteiger partial charge in [0.1, 0.15) is 0 Å². The quantitative estimate of drug-likeness (QED) is 0.669. The molecule has 106 valence electrons. The highest BCUT2D eigenvalue weighted by molar-refractivity contribution is 5.97. The summed E-state index contributed by atoms with van der Waals surface area (Å²) in [6.45, 7) is 2.00. The molecule has 3 nitrogen and oxygen atoms in total. The summed E-state index contributed by atoms with van der Waals surface area (Å²) in [5, 5.41) is 2.16. The Hall–Kier alpha value is -2.81. The van der Waals surface area contributed by atoms with Gasteiger partial charge in [0, 0.05) is 11.3 Å². The van der Waals surface area contributed by atoms with E-state index in [1.54, 1.807) is 12.1 Å². The van der Waals surface area contributed by atoms with E-state index >= 15 is 0 Å². The van der Waals surface area contributed by atoms with Crippen LogP contribution in [0.1, 0.15) is 15.9 Å². The van der Waals surface area contributed by atoms with E-state index in [0.29, 0.717) is 5.56 Å². The van der Waals surface area contributed by atoms with Crippen molar-refractivity contribution in [3.63, 3.8) is 0 Å². The van der Waals surface area contributed by atoms with E-state index in [1.165, 1.54) is 0 Å². The predicted molar refractivity (Wildman–Crippen MR) is 88.1 cm³/mol. The number of nitrogens with two attached hydrogens (primary N) is 2. The van der Waals surface area contributed by atoms with Crippen LogP contribution in [0.15, 0.2) is 66.7 Å². The monoisotopic (exact) mass is 278 g/mol. The van der Waals surface area contributed by atoms with Crippen LogP contribution in [-0.4, -0.2) is 5.91 Å².